The van der Waals surface area contributed by atoms with E-state index in [2.05, 4.69) is 5.32 Å². The minimum absolute atomic E-state index is 0.0747. The van der Waals surface area contributed by atoms with Crippen molar-refractivity contribution < 1.29 is 22.7 Å². The molecule has 0 saturated carbocycles. The van der Waals surface area contributed by atoms with Gasteiger partial charge >= 0.3 is 0 Å². The molecule has 0 heterocycles. The van der Waals surface area contributed by atoms with E-state index < -0.39 is 15.9 Å². The van der Waals surface area contributed by atoms with Crippen LogP contribution in [-0.4, -0.2) is 44.6 Å². The highest BCUT2D eigenvalue weighted by molar-refractivity contribution is 7.89. The molecule has 1 N–H and O–H groups in total. The van der Waals surface area contributed by atoms with Crippen LogP contribution in [0.25, 0.3) is 0 Å². The molecule has 1 amide bonds. The number of rotatable bonds is 9. The molecule has 0 atom stereocenters. The molecule has 3 aromatic carbocycles. The van der Waals surface area contributed by atoms with E-state index in [-0.39, 0.29) is 22.0 Å². The van der Waals surface area contributed by atoms with Crippen molar-refractivity contribution in [1.29, 1.82) is 0 Å². The third-order valence-corrected chi connectivity index (χ3v) is 7.24. The highest BCUT2D eigenvalue weighted by Crippen LogP contribution is 2.28. The average molecular weight is 467 g/mol. The van der Waals surface area contributed by atoms with Crippen LogP contribution in [0.15, 0.2) is 77.7 Å². The third kappa shape index (κ3) is 5.30. The highest BCUT2D eigenvalue weighted by atomic mass is 32.2. The Morgan fingerprint density at radius 3 is 2.15 bits per heavy atom. The maximum atomic E-state index is 13.0. The van der Waals surface area contributed by atoms with Crippen LogP contribution < -0.4 is 10.1 Å². The standard InChI is InChI=1S/C25H26N2O5S/c1-4-27(5-2)33(30,31)23-17-20(14-15-22(23)32-3)25(29)26-21-13-9-12-19(16-21)24(28)18-10-7-6-8-11-18/h6-17H,4-5H2,1-3H3,(H,26,29). The lowest BCUT2D eigenvalue weighted by Crippen LogP contribution is -2.31. The Labute approximate surface area is 194 Å². The molecule has 7 nitrogen and oxygen atoms in total. The quantitative estimate of drug-likeness (QED) is 0.477. The first-order valence-corrected chi connectivity index (χ1v) is 11.9. The molecule has 3 aromatic rings. The summed E-state index contributed by atoms with van der Waals surface area (Å²) in [7, 11) is -2.46. The predicted molar refractivity (Wildman–Crippen MR) is 127 cm³/mol. The summed E-state index contributed by atoms with van der Waals surface area (Å²) < 4.78 is 32.6. The van der Waals surface area contributed by atoms with Gasteiger partial charge in [0.25, 0.3) is 5.91 Å². The van der Waals surface area contributed by atoms with E-state index in [0.717, 1.165) is 0 Å². The van der Waals surface area contributed by atoms with Crippen LogP contribution in [0, 0.1) is 0 Å². The number of hydrogen-bond acceptors (Lipinski definition) is 5. The predicted octanol–water partition coefficient (Wildman–Crippen LogP) is 4.21. The zero-order valence-corrected chi connectivity index (χ0v) is 19.6. The first kappa shape index (κ1) is 24.2. The van der Waals surface area contributed by atoms with Gasteiger partial charge in [0.05, 0.1) is 7.11 Å². The number of sulfonamides is 1. The minimum Gasteiger partial charge on any atom is -0.495 e. The van der Waals surface area contributed by atoms with Crippen LogP contribution in [0.2, 0.25) is 0 Å². The van der Waals surface area contributed by atoms with Crippen molar-refractivity contribution in [2.24, 2.45) is 0 Å². The van der Waals surface area contributed by atoms with E-state index >= 15 is 0 Å². The molecule has 33 heavy (non-hydrogen) atoms. The molecule has 0 fully saturated rings. The van der Waals surface area contributed by atoms with E-state index in [4.69, 9.17) is 4.74 Å². The molecule has 0 aliphatic heterocycles. The molecule has 3 rings (SSSR count). The molecule has 0 aliphatic carbocycles. The highest BCUT2D eigenvalue weighted by Gasteiger charge is 2.27. The fourth-order valence-electron chi connectivity index (χ4n) is 3.42. The lowest BCUT2D eigenvalue weighted by atomic mass is 10.0. The van der Waals surface area contributed by atoms with Gasteiger partial charge in [-0.1, -0.05) is 56.3 Å². The lowest BCUT2D eigenvalue weighted by molar-refractivity contribution is 0.102. The number of benzene rings is 3. The molecule has 0 aromatic heterocycles. The van der Waals surface area contributed by atoms with Gasteiger partial charge in [-0.2, -0.15) is 4.31 Å². The second-order valence-corrected chi connectivity index (χ2v) is 9.09. The second-order valence-electron chi connectivity index (χ2n) is 7.19. The number of anilines is 1. The number of amides is 1. The van der Waals surface area contributed by atoms with Crippen LogP contribution in [0.3, 0.4) is 0 Å². The van der Waals surface area contributed by atoms with Crippen molar-refractivity contribution in [2.45, 2.75) is 18.7 Å². The first-order valence-electron chi connectivity index (χ1n) is 10.5. The van der Waals surface area contributed by atoms with Gasteiger partial charge in [-0.3, -0.25) is 9.59 Å². The van der Waals surface area contributed by atoms with Crippen molar-refractivity contribution in [3.05, 3.63) is 89.5 Å². The third-order valence-electron chi connectivity index (χ3n) is 5.17. The number of nitrogens with one attached hydrogen (secondary N) is 1. The van der Waals surface area contributed by atoms with Gasteiger partial charge in [-0.25, -0.2) is 8.42 Å². The number of nitrogens with zero attached hydrogens (tertiary/aromatic N) is 1. The lowest BCUT2D eigenvalue weighted by Gasteiger charge is -2.20. The van der Waals surface area contributed by atoms with Crippen molar-refractivity contribution in [2.75, 3.05) is 25.5 Å². The Balaban J connectivity index is 1.89. The largest absolute Gasteiger partial charge is 0.495 e. The fourth-order valence-corrected chi connectivity index (χ4v) is 5.06. The van der Waals surface area contributed by atoms with Gasteiger partial charge in [-0.15, -0.1) is 0 Å². The molecule has 0 saturated heterocycles. The molecular formula is C25H26N2O5S. The molecule has 172 valence electrons. The number of ketones is 1. The Hall–Kier alpha value is -3.49. The van der Waals surface area contributed by atoms with Crippen molar-refractivity contribution in [3.63, 3.8) is 0 Å². The summed E-state index contributed by atoms with van der Waals surface area (Å²) in [6, 6.07) is 19.7. The summed E-state index contributed by atoms with van der Waals surface area (Å²) >= 11 is 0. The van der Waals surface area contributed by atoms with Crippen LogP contribution in [0.4, 0.5) is 5.69 Å². The van der Waals surface area contributed by atoms with E-state index in [1.807, 2.05) is 6.07 Å². The van der Waals surface area contributed by atoms with Crippen LogP contribution >= 0.6 is 0 Å². The van der Waals surface area contributed by atoms with E-state index in [1.165, 1.54) is 29.6 Å². The SMILES string of the molecule is CCN(CC)S(=O)(=O)c1cc(C(=O)Nc2cccc(C(=O)c3ccccc3)c2)ccc1OC. The summed E-state index contributed by atoms with van der Waals surface area (Å²) in [6.45, 7) is 4.07. The zero-order chi connectivity index (χ0) is 24.0. The van der Waals surface area contributed by atoms with Crippen molar-refractivity contribution in [1.82, 2.24) is 4.31 Å². The number of ether oxygens (including phenoxy) is 1. The summed E-state index contributed by atoms with van der Waals surface area (Å²) in [5.41, 5.74) is 1.55. The van der Waals surface area contributed by atoms with Gasteiger partial charge in [0.15, 0.2) is 5.78 Å². The Bertz CT molecular complexity index is 1250. The van der Waals surface area contributed by atoms with Gasteiger partial charge in [0.2, 0.25) is 10.0 Å². The molecular weight excluding hydrogens is 440 g/mol. The maximum absolute atomic E-state index is 13.0. The van der Waals surface area contributed by atoms with Crippen LogP contribution in [0.1, 0.15) is 40.1 Å². The Morgan fingerprint density at radius 1 is 0.848 bits per heavy atom. The summed E-state index contributed by atoms with van der Waals surface area (Å²) in [4.78, 5) is 25.5. The molecule has 0 spiro atoms. The molecule has 0 radical (unpaired) electrons. The summed E-state index contributed by atoms with van der Waals surface area (Å²) in [6.07, 6.45) is 0. The topological polar surface area (TPSA) is 92.8 Å². The second kappa shape index (κ2) is 10.4. The monoisotopic (exact) mass is 466 g/mol. The average Bonchev–Trinajstić information content (AvgIpc) is 2.84. The van der Waals surface area contributed by atoms with Gasteiger partial charge in [-0.05, 0) is 30.3 Å². The Morgan fingerprint density at radius 2 is 1.52 bits per heavy atom. The van der Waals surface area contributed by atoms with Gasteiger partial charge in [0, 0.05) is 35.5 Å². The molecule has 0 bridgehead atoms. The van der Waals surface area contributed by atoms with E-state index in [1.54, 1.807) is 62.4 Å². The molecule has 8 heteroatoms. The van der Waals surface area contributed by atoms with E-state index in [0.29, 0.717) is 29.9 Å². The summed E-state index contributed by atoms with van der Waals surface area (Å²) in [5, 5.41) is 2.74. The number of carbonyl (C=O) groups excluding carboxylic acids is 2. The van der Waals surface area contributed by atoms with Crippen molar-refractivity contribution >= 4 is 27.4 Å². The van der Waals surface area contributed by atoms with Crippen molar-refractivity contribution in [3.8, 4) is 5.75 Å². The van der Waals surface area contributed by atoms with Gasteiger partial charge < -0.3 is 10.1 Å². The minimum atomic E-state index is -3.84. The first-order chi connectivity index (χ1) is 15.8. The fraction of sp³-hybridized carbons (Fsp3) is 0.200. The zero-order valence-electron chi connectivity index (χ0n) is 18.7. The number of methoxy groups -OCH3 is 1. The number of hydrogen-bond donors (Lipinski definition) is 1. The number of carbonyl (C=O) groups is 2. The van der Waals surface area contributed by atoms with Crippen LogP contribution in [0.5, 0.6) is 5.75 Å². The molecule has 0 unspecified atom stereocenters. The van der Waals surface area contributed by atoms with Crippen LogP contribution in [-0.2, 0) is 10.0 Å². The molecule has 0 aliphatic rings. The summed E-state index contributed by atoms with van der Waals surface area (Å²) in [5.74, 6) is -0.504. The maximum Gasteiger partial charge on any atom is 0.255 e. The Kier molecular flexibility index (Phi) is 7.63. The normalized spacial score (nSPS) is 11.3. The van der Waals surface area contributed by atoms with Gasteiger partial charge in [0.1, 0.15) is 10.6 Å². The smallest absolute Gasteiger partial charge is 0.255 e. The van der Waals surface area contributed by atoms with E-state index in [9.17, 15) is 18.0 Å².